The molecule has 0 unspecified atom stereocenters. The highest BCUT2D eigenvalue weighted by Crippen LogP contribution is 2.13. The monoisotopic (exact) mass is 646 g/mol. The predicted octanol–water partition coefficient (Wildman–Crippen LogP) is 15.6. The number of benzene rings is 1. The van der Waals surface area contributed by atoms with Crippen molar-refractivity contribution in [1.29, 1.82) is 0 Å². The number of nitrogens with zero attached hydrogens (tertiary/aromatic N) is 1. The smallest absolute Gasteiger partial charge is 0.0935 e. The molecule has 0 radical (unpaired) electrons. The van der Waals surface area contributed by atoms with Crippen LogP contribution < -0.4 is 0 Å². The van der Waals surface area contributed by atoms with Crippen LogP contribution in [0.3, 0.4) is 0 Å². The molecule has 0 aliphatic heterocycles. The Morgan fingerprint density at radius 1 is 0.348 bits per heavy atom. The SMILES string of the molecule is CCCCCCC.CCCCCCCCCC.CCCCCCCCCN(CCCCCCCCC)OCc1ccc(CC)cc1. The van der Waals surface area contributed by atoms with Gasteiger partial charge in [-0.2, -0.15) is 5.06 Å². The third-order valence-corrected chi connectivity index (χ3v) is 9.03. The molecule has 274 valence electrons. The third kappa shape index (κ3) is 37.6. The number of unbranched alkanes of at least 4 members (excludes halogenated alkanes) is 23. The van der Waals surface area contributed by atoms with Gasteiger partial charge in [-0.1, -0.05) is 233 Å². The average Bonchev–Trinajstić information content (AvgIpc) is 3.08. The second-order valence-electron chi connectivity index (χ2n) is 13.8. The van der Waals surface area contributed by atoms with E-state index in [1.807, 2.05) is 0 Å². The minimum Gasteiger partial charge on any atom is -0.294 e. The Balaban J connectivity index is 0. The van der Waals surface area contributed by atoms with Crippen LogP contribution in [0.5, 0.6) is 0 Å². The normalized spacial score (nSPS) is 10.9. The van der Waals surface area contributed by atoms with E-state index >= 15 is 0 Å². The van der Waals surface area contributed by atoms with Gasteiger partial charge in [0.05, 0.1) is 6.61 Å². The van der Waals surface area contributed by atoms with Crippen LogP contribution in [0.15, 0.2) is 24.3 Å². The molecular weight excluding hydrogens is 558 g/mol. The molecule has 0 amide bonds. The van der Waals surface area contributed by atoms with Gasteiger partial charge in [0.1, 0.15) is 0 Å². The van der Waals surface area contributed by atoms with E-state index in [0.29, 0.717) is 6.61 Å². The van der Waals surface area contributed by atoms with Gasteiger partial charge >= 0.3 is 0 Å². The molecule has 2 heteroatoms. The van der Waals surface area contributed by atoms with Crippen molar-refractivity contribution in [2.24, 2.45) is 0 Å². The van der Waals surface area contributed by atoms with Crippen LogP contribution in [-0.2, 0) is 17.9 Å². The van der Waals surface area contributed by atoms with Crippen molar-refractivity contribution < 1.29 is 4.84 Å². The Hall–Kier alpha value is -0.860. The molecule has 46 heavy (non-hydrogen) atoms. The highest BCUT2D eigenvalue weighted by Gasteiger charge is 2.06. The zero-order valence-corrected chi connectivity index (χ0v) is 33.1. The lowest BCUT2D eigenvalue weighted by atomic mass is 10.1. The molecule has 1 rings (SSSR count). The van der Waals surface area contributed by atoms with E-state index in [1.165, 1.54) is 184 Å². The van der Waals surface area contributed by atoms with E-state index in [9.17, 15) is 0 Å². The van der Waals surface area contributed by atoms with Gasteiger partial charge in [0.25, 0.3) is 0 Å². The molecule has 0 heterocycles. The highest BCUT2D eigenvalue weighted by molar-refractivity contribution is 5.21. The fourth-order valence-corrected chi connectivity index (χ4v) is 5.65. The first-order chi connectivity index (χ1) is 22.6. The molecule has 0 saturated carbocycles. The van der Waals surface area contributed by atoms with Crippen molar-refractivity contribution in [3.05, 3.63) is 35.4 Å². The van der Waals surface area contributed by atoms with Gasteiger partial charge in [-0.3, -0.25) is 4.84 Å². The lowest BCUT2D eigenvalue weighted by Gasteiger charge is -2.22. The summed E-state index contributed by atoms with van der Waals surface area (Å²) < 4.78 is 0. The minimum atomic E-state index is 0.705. The Morgan fingerprint density at radius 3 is 0.913 bits per heavy atom. The van der Waals surface area contributed by atoms with E-state index in [1.54, 1.807) is 0 Å². The number of aryl methyl sites for hydroxylation is 1. The molecule has 1 aromatic rings. The number of hydrogen-bond acceptors (Lipinski definition) is 2. The molecular formula is C44H87NO. The second-order valence-corrected chi connectivity index (χ2v) is 13.8. The summed E-state index contributed by atoms with van der Waals surface area (Å²) in [7, 11) is 0. The van der Waals surface area contributed by atoms with Crippen LogP contribution in [0.1, 0.15) is 233 Å². The molecule has 0 aliphatic carbocycles. The number of rotatable bonds is 31. The van der Waals surface area contributed by atoms with Crippen LogP contribution in [0.25, 0.3) is 0 Å². The van der Waals surface area contributed by atoms with Crippen molar-refractivity contribution >= 4 is 0 Å². The Bertz CT molecular complexity index is 612. The van der Waals surface area contributed by atoms with E-state index in [0.717, 1.165) is 19.5 Å². The van der Waals surface area contributed by atoms with Crippen LogP contribution in [0, 0.1) is 0 Å². The standard InChI is InChI=1S/C27H49NO.C10H22.C7H16/c1-4-7-9-11-13-15-17-23-28(24-18-16-14-12-10-8-5-2)29-25-27-21-19-26(6-3)20-22-27;1-3-5-7-9-10-8-6-4-2;1-3-5-7-6-4-2/h19-22H,4-18,23-25H2,1-3H3;3-10H2,1-2H3;3-7H2,1-2H3. The first-order valence-electron chi connectivity index (χ1n) is 21.1. The largest absolute Gasteiger partial charge is 0.294 e. The quantitative estimate of drug-likeness (QED) is 0.0588. The lowest BCUT2D eigenvalue weighted by molar-refractivity contribution is -0.171. The summed E-state index contributed by atoms with van der Waals surface area (Å²) in [5.74, 6) is 0. The van der Waals surface area contributed by atoms with Gasteiger partial charge in [0, 0.05) is 13.1 Å². The fraction of sp³-hybridized carbons (Fsp3) is 0.864. The van der Waals surface area contributed by atoms with Crippen molar-refractivity contribution in [1.82, 2.24) is 5.06 Å². The Kier molecular flexibility index (Phi) is 43.3. The maximum Gasteiger partial charge on any atom is 0.0935 e. The minimum absolute atomic E-state index is 0.705. The van der Waals surface area contributed by atoms with Crippen molar-refractivity contribution in [3.8, 4) is 0 Å². The zero-order valence-electron chi connectivity index (χ0n) is 33.1. The highest BCUT2D eigenvalue weighted by atomic mass is 16.7. The molecule has 0 spiro atoms. The van der Waals surface area contributed by atoms with Gasteiger partial charge in [0.15, 0.2) is 0 Å². The number of hydroxylamine groups is 2. The van der Waals surface area contributed by atoms with Crippen molar-refractivity contribution in [2.75, 3.05) is 13.1 Å². The summed E-state index contributed by atoms with van der Waals surface area (Å²) in [5, 5.41) is 2.26. The zero-order chi connectivity index (χ0) is 34.2. The van der Waals surface area contributed by atoms with Gasteiger partial charge in [-0.05, 0) is 30.4 Å². The van der Waals surface area contributed by atoms with Gasteiger partial charge < -0.3 is 0 Å². The molecule has 0 aromatic heterocycles. The van der Waals surface area contributed by atoms with Crippen LogP contribution in [0.4, 0.5) is 0 Å². The first-order valence-corrected chi connectivity index (χ1v) is 21.1. The summed E-state index contributed by atoms with van der Waals surface area (Å²) in [4.78, 5) is 6.23. The molecule has 0 N–H and O–H groups in total. The summed E-state index contributed by atoms with van der Waals surface area (Å²) >= 11 is 0. The molecule has 1 aromatic carbocycles. The molecule has 0 aliphatic rings. The van der Waals surface area contributed by atoms with Gasteiger partial charge in [-0.25, -0.2) is 0 Å². The Morgan fingerprint density at radius 2 is 0.609 bits per heavy atom. The first kappa shape index (κ1) is 47.3. The average molecular weight is 646 g/mol. The summed E-state index contributed by atoms with van der Waals surface area (Å²) in [6.07, 6.45) is 38.6. The van der Waals surface area contributed by atoms with Gasteiger partial charge in [0.2, 0.25) is 0 Å². The van der Waals surface area contributed by atoms with E-state index in [4.69, 9.17) is 4.84 Å². The van der Waals surface area contributed by atoms with E-state index in [2.05, 4.69) is 77.8 Å². The summed E-state index contributed by atoms with van der Waals surface area (Å²) in [5.41, 5.74) is 2.68. The summed E-state index contributed by atoms with van der Waals surface area (Å²) in [6, 6.07) is 8.90. The van der Waals surface area contributed by atoms with E-state index < -0.39 is 0 Å². The second kappa shape index (κ2) is 42.2. The molecule has 0 atom stereocenters. The van der Waals surface area contributed by atoms with Crippen molar-refractivity contribution in [3.63, 3.8) is 0 Å². The maximum atomic E-state index is 6.23. The molecule has 0 saturated heterocycles. The summed E-state index contributed by atoms with van der Waals surface area (Å²) in [6.45, 7) is 18.7. The lowest BCUT2D eigenvalue weighted by Crippen LogP contribution is -2.26. The molecule has 0 bridgehead atoms. The maximum absolute atomic E-state index is 6.23. The van der Waals surface area contributed by atoms with Crippen LogP contribution in [-0.4, -0.2) is 18.2 Å². The van der Waals surface area contributed by atoms with E-state index in [-0.39, 0.29) is 0 Å². The molecule has 2 nitrogen and oxygen atoms in total. The number of hydrogen-bond donors (Lipinski definition) is 0. The fourth-order valence-electron chi connectivity index (χ4n) is 5.65. The van der Waals surface area contributed by atoms with Crippen LogP contribution >= 0.6 is 0 Å². The van der Waals surface area contributed by atoms with Crippen molar-refractivity contribution in [2.45, 2.75) is 235 Å². The predicted molar refractivity (Wildman–Crippen MR) is 211 cm³/mol. The topological polar surface area (TPSA) is 12.5 Å². The van der Waals surface area contributed by atoms with Gasteiger partial charge in [-0.15, -0.1) is 0 Å². The Labute approximate surface area is 292 Å². The van der Waals surface area contributed by atoms with Crippen LogP contribution in [0.2, 0.25) is 0 Å². The third-order valence-electron chi connectivity index (χ3n) is 9.03. The molecule has 0 fully saturated rings.